The standard InChI is InChI=1S/C21H16BrCl2NO2/c1-27-20-7-6-16(11-19(20)24)25-12-15-9-13(10-17(22)21(15)26)8-14-4-2-3-5-18(14)23/h2-7,9-12,26H,8H2,1H3. The van der Waals surface area contributed by atoms with Crippen molar-refractivity contribution in [3.63, 3.8) is 0 Å². The topological polar surface area (TPSA) is 41.8 Å². The molecule has 3 rings (SSSR count). The molecule has 0 heterocycles. The van der Waals surface area contributed by atoms with E-state index in [1.54, 1.807) is 31.5 Å². The van der Waals surface area contributed by atoms with E-state index in [1.807, 2.05) is 36.4 Å². The minimum Gasteiger partial charge on any atom is -0.506 e. The number of rotatable bonds is 5. The van der Waals surface area contributed by atoms with Gasteiger partial charge in [0, 0.05) is 16.8 Å². The number of methoxy groups -OCH3 is 1. The van der Waals surface area contributed by atoms with Crippen LogP contribution in [0.5, 0.6) is 11.5 Å². The molecule has 0 amide bonds. The van der Waals surface area contributed by atoms with Gasteiger partial charge in [0.15, 0.2) is 0 Å². The van der Waals surface area contributed by atoms with Crippen LogP contribution < -0.4 is 4.74 Å². The van der Waals surface area contributed by atoms with E-state index in [4.69, 9.17) is 27.9 Å². The van der Waals surface area contributed by atoms with Gasteiger partial charge in [-0.3, -0.25) is 4.99 Å². The Bertz CT molecular complexity index is 1010. The van der Waals surface area contributed by atoms with Gasteiger partial charge >= 0.3 is 0 Å². The van der Waals surface area contributed by atoms with E-state index < -0.39 is 0 Å². The van der Waals surface area contributed by atoms with E-state index in [0.717, 1.165) is 11.1 Å². The Morgan fingerprint density at radius 1 is 1.07 bits per heavy atom. The van der Waals surface area contributed by atoms with Crippen molar-refractivity contribution in [1.82, 2.24) is 0 Å². The third-order valence-electron chi connectivity index (χ3n) is 3.99. The van der Waals surface area contributed by atoms with E-state index >= 15 is 0 Å². The van der Waals surface area contributed by atoms with Crippen LogP contribution in [-0.4, -0.2) is 18.4 Å². The van der Waals surface area contributed by atoms with Crippen molar-refractivity contribution in [2.24, 2.45) is 4.99 Å². The van der Waals surface area contributed by atoms with Crippen molar-refractivity contribution in [2.75, 3.05) is 7.11 Å². The van der Waals surface area contributed by atoms with Crippen LogP contribution in [0.4, 0.5) is 5.69 Å². The summed E-state index contributed by atoms with van der Waals surface area (Å²) in [6.07, 6.45) is 2.25. The van der Waals surface area contributed by atoms with Crippen LogP contribution in [-0.2, 0) is 6.42 Å². The molecule has 27 heavy (non-hydrogen) atoms. The van der Waals surface area contributed by atoms with Gasteiger partial charge in [-0.05, 0) is 69.9 Å². The molecular formula is C21H16BrCl2NO2. The summed E-state index contributed by atoms with van der Waals surface area (Å²) in [5, 5.41) is 11.5. The van der Waals surface area contributed by atoms with Crippen LogP contribution in [0.3, 0.4) is 0 Å². The van der Waals surface area contributed by atoms with Crippen molar-refractivity contribution in [1.29, 1.82) is 0 Å². The van der Waals surface area contributed by atoms with Crippen molar-refractivity contribution in [3.8, 4) is 11.5 Å². The largest absolute Gasteiger partial charge is 0.506 e. The SMILES string of the molecule is COc1ccc(N=Cc2cc(Cc3ccccc3Cl)cc(Br)c2O)cc1Cl. The third kappa shape index (κ3) is 4.83. The fraction of sp³-hybridized carbons (Fsp3) is 0.0952. The predicted octanol–water partition coefficient (Wildman–Crippen LogP) is 6.81. The summed E-state index contributed by atoms with van der Waals surface area (Å²) in [5.74, 6) is 0.712. The molecule has 0 atom stereocenters. The highest BCUT2D eigenvalue weighted by molar-refractivity contribution is 9.10. The van der Waals surface area contributed by atoms with Crippen molar-refractivity contribution < 1.29 is 9.84 Å². The number of hydrogen-bond donors (Lipinski definition) is 1. The summed E-state index contributed by atoms with van der Waals surface area (Å²) in [6.45, 7) is 0. The molecule has 1 N–H and O–H groups in total. The average molecular weight is 465 g/mol. The highest BCUT2D eigenvalue weighted by atomic mass is 79.9. The van der Waals surface area contributed by atoms with Crippen LogP contribution in [0.15, 0.2) is 64.1 Å². The minimum atomic E-state index is 0.126. The summed E-state index contributed by atoms with van der Waals surface area (Å²) < 4.78 is 5.74. The maximum Gasteiger partial charge on any atom is 0.138 e. The van der Waals surface area contributed by atoms with Crippen LogP contribution in [0, 0.1) is 0 Å². The molecule has 0 bridgehead atoms. The first-order valence-electron chi connectivity index (χ1n) is 8.10. The quantitative estimate of drug-likeness (QED) is 0.421. The van der Waals surface area contributed by atoms with Gasteiger partial charge in [-0.2, -0.15) is 0 Å². The second kappa shape index (κ2) is 8.79. The van der Waals surface area contributed by atoms with Gasteiger partial charge in [-0.25, -0.2) is 0 Å². The molecule has 0 aliphatic heterocycles. The molecule has 0 aliphatic rings. The second-order valence-electron chi connectivity index (χ2n) is 5.86. The number of nitrogens with zero attached hydrogens (tertiary/aromatic N) is 1. The zero-order chi connectivity index (χ0) is 19.4. The number of phenols is 1. The van der Waals surface area contributed by atoms with Crippen LogP contribution in [0.1, 0.15) is 16.7 Å². The van der Waals surface area contributed by atoms with Crippen LogP contribution in [0.25, 0.3) is 0 Å². The van der Waals surface area contributed by atoms with Gasteiger partial charge in [-0.1, -0.05) is 41.4 Å². The van der Waals surface area contributed by atoms with E-state index in [2.05, 4.69) is 20.9 Å². The lowest BCUT2D eigenvalue weighted by Gasteiger charge is -2.09. The second-order valence-corrected chi connectivity index (χ2v) is 7.53. The summed E-state index contributed by atoms with van der Waals surface area (Å²) in [6, 6.07) is 16.7. The molecule has 0 saturated heterocycles. The van der Waals surface area contributed by atoms with Gasteiger partial charge in [-0.15, -0.1) is 0 Å². The lowest BCUT2D eigenvalue weighted by Crippen LogP contribution is -1.93. The number of benzene rings is 3. The summed E-state index contributed by atoms with van der Waals surface area (Å²) in [4.78, 5) is 4.41. The van der Waals surface area contributed by atoms with E-state index in [9.17, 15) is 5.11 Å². The average Bonchev–Trinajstić information content (AvgIpc) is 2.65. The number of hydrogen-bond acceptors (Lipinski definition) is 3. The maximum absolute atomic E-state index is 10.3. The zero-order valence-electron chi connectivity index (χ0n) is 14.4. The summed E-state index contributed by atoms with van der Waals surface area (Å²) >= 11 is 15.8. The van der Waals surface area contributed by atoms with Gasteiger partial charge in [0.25, 0.3) is 0 Å². The van der Waals surface area contributed by atoms with Gasteiger partial charge < -0.3 is 9.84 Å². The number of ether oxygens (including phenoxy) is 1. The normalized spacial score (nSPS) is 11.1. The first-order chi connectivity index (χ1) is 13.0. The zero-order valence-corrected chi connectivity index (χ0v) is 17.5. The summed E-state index contributed by atoms with van der Waals surface area (Å²) in [7, 11) is 1.56. The fourth-order valence-corrected chi connectivity index (χ4v) is 3.60. The van der Waals surface area contributed by atoms with E-state index in [-0.39, 0.29) is 5.75 Å². The third-order valence-corrected chi connectivity index (χ3v) is 5.26. The van der Waals surface area contributed by atoms with Crippen LogP contribution in [0.2, 0.25) is 10.0 Å². The van der Waals surface area contributed by atoms with E-state index in [0.29, 0.717) is 37.9 Å². The molecule has 6 heteroatoms. The molecule has 3 aromatic rings. The van der Waals surface area contributed by atoms with E-state index in [1.165, 1.54) is 0 Å². The molecule has 138 valence electrons. The first-order valence-corrected chi connectivity index (χ1v) is 9.65. The molecule has 0 spiro atoms. The molecule has 0 unspecified atom stereocenters. The predicted molar refractivity (Wildman–Crippen MR) is 115 cm³/mol. The van der Waals surface area contributed by atoms with Gasteiger partial charge in [0.2, 0.25) is 0 Å². The smallest absolute Gasteiger partial charge is 0.138 e. The number of phenolic OH excluding ortho intramolecular Hbond substituents is 1. The number of aliphatic imine (C=N–C) groups is 1. The van der Waals surface area contributed by atoms with Crippen molar-refractivity contribution in [3.05, 3.63) is 85.8 Å². The van der Waals surface area contributed by atoms with Gasteiger partial charge in [0.1, 0.15) is 11.5 Å². The molecule has 0 fully saturated rings. The number of aromatic hydroxyl groups is 1. The Labute approximate surface area is 176 Å². The lowest BCUT2D eigenvalue weighted by molar-refractivity contribution is 0.415. The maximum atomic E-state index is 10.3. The Morgan fingerprint density at radius 3 is 2.56 bits per heavy atom. The Hall–Kier alpha value is -2.01. The Kier molecular flexibility index (Phi) is 6.42. The highest BCUT2D eigenvalue weighted by Crippen LogP contribution is 2.32. The fourth-order valence-electron chi connectivity index (χ4n) is 2.62. The molecule has 3 nitrogen and oxygen atoms in total. The molecule has 3 aromatic carbocycles. The first kappa shape index (κ1) is 19.7. The highest BCUT2D eigenvalue weighted by Gasteiger charge is 2.09. The Morgan fingerprint density at radius 2 is 1.85 bits per heavy atom. The van der Waals surface area contributed by atoms with Crippen LogP contribution >= 0.6 is 39.1 Å². The number of halogens is 3. The minimum absolute atomic E-state index is 0.126. The molecule has 0 radical (unpaired) electrons. The monoisotopic (exact) mass is 463 g/mol. The molecular weight excluding hydrogens is 449 g/mol. The molecule has 0 saturated carbocycles. The Balaban J connectivity index is 1.90. The lowest BCUT2D eigenvalue weighted by atomic mass is 10.0. The van der Waals surface area contributed by atoms with Crippen molar-refractivity contribution in [2.45, 2.75) is 6.42 Å². The van der Waals surface area contributed by atoms with Crippen molar-refractivity contribution >= 4 is 51.0 Å². The molecule has 0 aromatic heterocycles. The molecule has 0 aliphatic carbocycles. The van der Waals surface area contributed by atoms with Gasteiger partial charge in [0.05, 0.1) is 22.3 Å². The summed E-state index contributed by atoms with van der Waals surface area (Å²) in [5.41, 5.74) is 3.27.